The third-order valence-corrected chi connectivity index (χ3v) is 1.84. The van der Waals surface area contributed by atoms with Crippen LogP contribution in [0.4, 0.5) is 0 Å². The summed E-state index contributed by atoms with van der Waals surface area (Å²) in [6, 6.07) is 0. The minimum absolute atomic E-state index is 0.142. The van der Waals surface area contributed by atoms with Gasteiger partial charge in [-0.25, -0.2) is 0 Å². The number of aliphatic hydroxyl groups excluding tert-OH is 1. The Hall–Kier alpha value is -0.940. The average Bonchev–Trinajstić information content (AvgIpc) is 2.63. The van der Waals surface area contributed by atoms with Crippen LogP contribution in [0.25, 0.3) is 0 Å². The zero-order valence-electron chi connectivity index (χ0n) is 8.73. The number of ether oxygens (including phenoxy) is 1. The molecule has 0 aliphatic rings. The smallest absolute Gasteiger partial charge is 0.255 e. The van der Waals surface area contributed by atoms with E-state index < -0.39 is 6.10 Å². The molecule has 0 amide bonds. The summed E-state index contributed by atoms with van der Waals surface area (Å²) in [6.45, 7) is 6.09. The Morgan fingerprint density at radius 3 is 2.64 bits per heavy atom. The van der Waals surface area contributed by atoms with Crippen molar-refractivity contribution in [2.75, 3.05) is 6.61 Å². The lowest BCUT2D eigenvalue weighted by Crippen LogP contribution is -2.05. The van der Waals surface area contributed by atoms with Gasteiger partial charge in [0.05, 0.1) is 0 Å². The van der Waals surface area contributed by atoms with Crippen LogP contribution >= 0.6 is 0 Å². The molecule has 1 heterocycles. The van der Waals surface area contributed by atoms with Crippen LogP contribution in [0.15, 0.2) is 4.52 Å². The van der Waals surface area contributed by atoms with E-state index in [1.807, 2.05) is 13.8 Å². The molecule has 1 aromatic heterocycles. The van der Waals surface area contributed by atoms with Crippen LogP contribution < -0.4 is 0 Å². The highest BCUT2D eigenvalue weighted by Gasteiger charge is 2.18. The van der Waals surface area contributed by atoms with E-state index in [0.717, 1.165) is 6.42 Å². The maximum atomic E-state index is 9.18. The molecule has 0 radical (unpaired) electrons. The van der Waals surface area contributed by atoms with Gasteiger partial charge < -0.3 is 14.4 Å². The van der Waals surface area contributed by atoms with E-state index in [1.165, 1.54) is 0 Å². The molecule has 14 heavy (non-hydrogen) atoms. The topological polar surface area (TPSA) is 68.4 Å². The highest BCUT2D eigenvalue weighted by Crippen LogP contribution is 2.19. The van der Waals surface area contributed by atoms with E-state index in [4.69, 9.17) is 9.26 Å². The van der Waals surface area contributed by atoms with Gasteiger partial charge >= 0.3 is 0 Å². The molecule has 0 spiro atoms. The van der Waals surface area contributed by atoms with Gasteiger partial charge in [-0.05, 0) is 20.3 Å². The number of hydrogen-bond acceptors (Lipinski definition) is 5. The Labute approximate surface area is 83.1 Å². The van der Waals surface area contributed by atoms with Crippen LogP contribution in [-0.4, -0.2) is 21.9 Å². The number of aliphatic hydroxyl groups is 1. The number of rotatable bonds is 5. The first kappa shape index (κ1) is 11.1. The lowest BCUT2D eigenvalue weighted by atomic mass is 10.2. The normalized spacial score (nSPS) is 15.4. The molecule has 0 saturated carbocycles. The third kappa shape index (κ3) is 2.52. The molecule has 0 aliphatic heterocycles. The van der Waals surface area contributed by atoms with Crippen LogP contribution in [0.1, 0.15) is 51.1 Å². The van der Waals surface area contributed by atoms with Crippen molar-refractivity contribution in [3.63, 3.8) is 0 Å². The van der Waals surface area contributed by atoms with Crippen LogP contribution in [0.5, 0.6) is 0 Å². The molecule has 5 heteroatoms. The Morgan fingerprint density at radius 1 is 1.50 bits per heavy atom. The van der Waals surface area contributed by atoms with Crippen molar-refractivity contribution >= 4 is 0 Å². The Kier molecular flexibility index (Phi) is 4.03. The molecule has 0 fully saturated rings. The second-order valence-electron chi connectivity index (χ2n) is 3.02. The Bertz CT molecular complexity index is 273. The molecule has 5 nitrogen and oxygen atoms in total. The van der Waals surface area contributed by atoms with Crippen molar-refractivity contribution in [1.82, 2.24) is 10.1 Å². The van der Waals surface area contributed by atoms with Gasteiger partial charge in [-0.2, -0.15) is 4.98 Å². The van der Waals surface area contributed by atoms with Gasteiger partial charge in [0.1, 0.15) is 12.2 Å². The summed E-state index contributed by atoms with van der Waals surface area (Å²) in [5.74, 6) is 0.739. The van der Waals surface area contributed by atoms with Crippen molar-refractivity contribution in [3.8, 4) is 0 Å². The molecule has 80 valence electrons. The van der Waals surface area contributed by atoms with Gasteiger partial charge in [0.15, 0.2) is 0 Å². The second kappa shape index (κ2) is 5.07. The highest BCUT2D eigenvalue weighted by molar-refractivity contribution is 4.92. The Balaban J connectivity index is 2.73. The first-order valence-corrected chi connectivity index (χ1v) is 4.82. The largest absolute Gasteiger partial charge is 0.384 e. The fourth-order valence-electron chi connectivity index (χ4n) is 1.12. The first-order chi connectivity index (χ1) is 6.69. The van der Waals surface area contributed by atoms with Gasteiger partial charge in [-0.1, -0.05) is 12.1 Å². The quantitative estimate of drug-likeness (QED) is 0.782. The molecule has 0 bridgehead atoms. The Morgan fingerprint density at radius 2 is 2.21 bits per heavy atom. The first-order valence-electron chi connectivity index (χ1n) is 4.82. The van der Waals surface area contributed by atoms with Crippen LogP contribution in [0.2, 0.25) is 0 Å². The van der Waals surface area contributed by atoms with E-state index in [2.05, 4.69) is 10.1 Å². The standard InChI is InChI=1S/C9H16N2O3/c1-4-7(13-5-2)8-10-9(6(3)12)14-11-8/h6-7,12H,4-5H2,1-3H3. The highest BCUT2D eigenvalue weighted by atomic mass is 16.5. The van der Waals surface area contributed by atoms with Crippen LogP contribution in [0.3, 0.4) is 0 Å². The van der Waals surface area contributed by atoms with E-state index in [-0.39, 0.29) is 12.0 Å². The minimum Gasteiger partial charge on any atom is -0.384 e. The maximum Gasteiger partial charge on any atom is 0.255 e. The zero-order valence-corrected chi connectivity index (χ0v) is 8.73. The van der Waals surface area contributed by atoms with Crippen molar-refractivity contribution in [2.24, 2.45) is 0 Å². The van der Waals surface area contributed by atoms with Gasteiger partial charge in [-0.3, -0.25) is 0 Å². The summed E-state index contributed by atoms with van der Waals surface area (Å²) in [4.78, 5) is 4.05. The average molecular weight is 200 g/mol. The van der Waals surface area contributed by atoms with Crippen molar-refractivity contribution in [1.29, 1.82) is 0 Å². The van der Waals surface area contributed by atoms with Crippen LogP contribution in [-0.2, 0) is 4.74 Å². The van der Waals surface area contributed by atoms with Gasteiger partial charge in [0.2, 0.25) is 5.82 Å². The summed E-state index contributed by atoms with van der Waals surface area (Å²) >= 11 is 0. The number of nitrogens with zero attached hydrogens (tertiary/aromatic N) is 2. The van der Waals surface area contributed by atoms with E-state index in [9.17, 15) is 5.11 Å². The van der Waals surface area contributed by atoms with Gasteiger partial charge in [0, 0.05) is 6.61 Å². The molecule has 1 rings (SSSR count). The predicted octanol–water partition coefficient (Wildman–Crippen LogP) is 1.61. The van der Waals surface area contributed by atoms with Gasteiger partial charge in [-0.15, -0.1) is 0 Å². The number of hydrogen-bond donors (Lipinski definition) is 1. The lowest BCUT2D eigenvalue weighted by Gasteiger charge is -2.09. The fourth-order valence-corrected chi connectivity index (χ4v) is 1.12. The van der Waals surface area contributed by atoms with E-state index >= 15 is 0 Å². The van der Waals surface area contributed by atoms with Crippen molar-refractivity contribution < 1.29 is 14.4 Å². The zero-order chi connectivity index (χ0) is 10.6. The lowest BCUT2D eigenvalue weighted by molar-refractivity contribution is 0.0518. The van der Waals surface area contributed by atoms with E-state index in [1.54, 1.807) is 6.92 Å². The molecular weight excluding hydrogens is 184 g/mol. The molecular formula is C9H16N2O3. The molecule has 1 N–H and O–H groups in total. The number of aromatic nitrogens is 2. The molecule has 0 aromatic carbocycles. The fraction of sp³-hybridized carbons (Fsp3) is 0.778. The summed E-state index contributed by atoms with van der Waals surface area (Å²) in [5, 5.41) is 12.9. The SMILES string of the molecule is CCOC(CC)c1noc(C(C)O)n1. The molecule has 0 aliphatic carbocycles. The van der Waals surface area contributed by atoms with Crippen molar-refractivity contribution in [2.45, 2.75) is 39.4 Å². The molecule has 2 atom stereocenters. The molecule has 2 unspecified atom stereocenters. The van der Waals surface area contributed by atoms with Gasteiger partial charge in [0.25, 0.3) is 5.89 Å². The monoisotopic (exact) mass is 200 g/mol. The minimum atomic E-state index is -0.726. The summed E-state index contributed by atoms with van der Waals surface area (Å²) < 4.78 is 10.3. The third-order valence-electron chi connectivity index (χ3n) is 1.84. The molecule has 1 aromatic rings. The van der Waals surface area contributed by atoms with E-state index in [0.29, 0.717) is 12.4 Å². The second-order valence-corrected chi connectivity index (χ2v) is 3.02. The maximum absolute atomic E-state index is 9.18. The summed E-state index contributed by atoms with van der Waals surface area (Å²) in [5.41, 5.74) is 0. The molecule has 0 saturated heterocycles. The summed E-state index contributed by atoms with van der Waals surface area (Å²) in [7, 11) is 0. The van der Waals surface area contributed by atoms with Crippen molar-refractivity contribution in [3.05, 3.63) is 11.7 Å². The van der Waals surface area contributed by atoms with Crippen LogP contribution in [0, 0.1) is 0 Å². The summed E-state index contributed by atoms with van der Waals surface area (Å²) in [6.07, 6.45) is -0.0845. The predicted molar refractivity (Wildman–Crippen MR) is 49.6 cm³/mol.